The molecule has 0 saturated heterocycles. The minimum absolute atomic E-state index is 0.121. The lowest BCUT2D eigenvalue weighted by molar-refractivity contribution is -0.145. The van der Waals surface area contributed by atoms with Crippen molar-refractivity contribution in [3.8, 4) is 0 Å². The summed E-state index contributed by atoms with van der Waals surface area (Å²) in [6, 6.07) is 1.57. The number of rotatable bonds is 5. The van der Waals surface area contributed by atoms with Crippen LogP contribution in [0.1, 0.15) is 28.8 Å². The highest BCUT2D eigenvalue weighted by Gasteiger charge is 2.35. The summed E-state index contributed by atoms with van der Waals surface area (Å²) in [7, 11) is 1.38. The van der Waals surface area contributed by atoms with Crippen LogP contribution in [0.15, 0.2) is 10.5 Å². The van der Waals surface area contributed by atoms with Crippen molar-refractivity contribution < 1.29 is 23.8 Å². The predicted octanol–water partition coefficient (Wildman–Crippen LogP) is 1.12. The van der Waals surface area contributed by atoms with E-state index in [4.69, 9.17) is 14.3 Å². The quantitative estimate of drug-likeness (QED) is 0.823. The highest BCUT2D eigenvalue weighted by Crippen LogP contribution is 2.15. The number of hydrogen-bond donors (Lipinski definition) is 2. The first-order valence-corrected chi connectivity index (χ1v) is 5.42. The molecule has 0 aliphatic carbocycles. The molecule has 1 aromatic rings. The topological polar surface area (TPSA) is 88.8 Å². The molecule has 0 fully saturated rings. The summed E-state index contributed by atoms with van der Waals surface area (Å²) in [5.74, 6) is -0.599. The number of aliphatic carboxylic acids is 1. The van der Waals surface area contributed by atoms with E-state index in [1.807, 2.05) is 0 Å². The molecule has 6 heteroatoms. The Kier molecular flexibility index (Phi) is 4.13. The number of nitrogens with one attached hydrogen (secondary N) is 1. The average molecular weight is 255 g/mol. The fraction of sp³-hybridized carbons (Fsp3) is 0.500. The molecule has 1 heterocycles. The van der Waals surface area contributed by atoms with Crippen LogP contribution in [-0.2, 0) is 9.53 Å². The number of methoxy groups -OCH3 is 1. The summed E-state index contributed by atoms with van der Waals surface area (Å²) in [6.07, 6.45) is 0. The van der Waals surface area contributed by atoms with Gasteiger partial charge in [0.2, 0.25) is 0 Å². The Labute approximate surface area is 105 Å². The summed E-state index contributed by atoms with van der Waals surface area (Å²) in [5, 5.41) is 11.6. The van der Waals surface area contributed by atoms with Crippen molar-refractivity contribution in [3.63, 3.8) is 0 Å². The maximum atomic E-state index is 12.0. The average Bonchev–Trinajstić information content (AvgIpc) is 2.57. The molecule has 1 aromatic heterocycles. The first-order chi connectivity index (χ1) is 8.30. The molecule has 6 nitrogen and oxygen atoms in total. The number of carbonyl (C=O) groups excluding carboxylic acids is 1. The zero-order valence-electron chi connectivity index (χ0n) is 10.9. The number of aryl methyl sites for hydroxylation is 2. The number of amides is 1. The molecule has 1 amide bonds. The molecule has 18 heavy (non-hydrogen) atoms. The zero-order chi connectivity index (χ0) is 13.9. The van der Waals surface area contributed by atoms with Gasteiger partial charge in [0, 0.05) is 7.11 Å². The number of furan rings is 1. The van der Waals surface area contributed by atoms with E-state index in [0.29, 0.717) is 17.1 Å². The van der Waals surface area contributed by atoms with E-state index in [-0.39, 0.29) is 6.61 Å². The van der Waals surface area contributed by atoms with Gasteiger partial charge < -0.3 is 19.6 Å². The van der Waals surface area contributed by atoms with Gasteiger partial charge in [-0.05, 0) is 26.8 Å². The van der Waals surface area contributed by atoms with Gasteiger partial charge in [-0.1, -0.05) is 0 Å². The molecule has 0 aromatic carbocycles. The maximum Gasteiger partial charge on any atom is 0.331 e. The largest absolute Gasteiger partial charge is 0.479 e. The Morgan fingerprint density at radius 1 is 1.50 bits per heavy atom. The van der Waals surface area contributed by atoms with E-state index >= 15 is 0 Å². The third kappa shape index (κ3) is 2.89. The Balaban J connectivity index is 2.92. The fourth-order valence-electron chi connectivity index (χ4n) is 1.61. The molecular weight excluding hydrogens is 238 g/mol. The lowest BCUT2D eigenvalue weighted by Crippen LogP contribution is -2.55. The normalized spacial score (nSPS) is 14.0. The number of carboxylic acids is 1. The summed E-state index contributed by atoms with van der Waals surface area (Å²) in [6.45, 7) is 4.63. The Morgan fingerprint density at radius 2 is 2.11 bits per heavy atom. The van der Waals surface area contributed by atoms with Crippen molar-refractivity contribution in [2.45, 2.75) is 26.3 Å². The van der Waals surface area contributed by atoms with Gasteiger partial charge in [0.1, 0.15) is 11.5 Å². The van der Waals surface area contributed by atoms with Crippen molar-refractivity contribution in [1.82, 2.24) is 5.32 Å². The van der Waals surface area contributed by atoms with E-state index in [0.717, 1.165) is 0 Å². The molecule has 1 atom stereocenters. The predicted molar refractivity (Wildman–Crippen MR) is 63.6 cm³/mol. The second kappa shape index (κ2) is 5.22. The minimum Gasteiger partial charge on any atom is -0.479 e. The second-order valence-electron chi connectivity index (χ2n) is 4.35. The van der Waals surface area contributed by atoms with Gasteiger partial charge in [-0.2, -0.15) is 0 Å². The van der Waals surface area contributed by atoms with Crippen molar-refractivity contribution in [1.29, 1.82) is 0 Å². The van der Waals surface area contributed by atoms with Gasteiger partial charge in [-0.25, -0.2) is 4.79 Å². The highest BCUT2D eigenvalue weighted by atomic mass is 16.5. The van der Waals surface area contributed by atoms with Crippen molar-refractivity contribution in [3.05, 3.63) is 23.2 Å². The van der Waals surface area contributed by atoms with Crippen LogP contribution >= 0.6 is 0 Å². The second-order valence-corrected chi connectivity index (χ2v) is 4.35. The third-order valence-electron chi connectivity index (χ3n) is 2.58. The van der Waals surface area contributed by atoms with Gasteiger partial charge in [-0.3, -0.25) is 4.79 Å². The molecule has 0 aliphatic rings. The van der Waals surface area contributed by atoms with Crippen molar-refractivity contribution in [2.24, 2.45) is 0 Å². The van der Waals surface area contributed by atoms with Crippen LogP contribution in [0.25, 0.3) is 0 Å². The monoisotopic (exact) mass is 255 g/mol. The van der Waals surface area contributed by atoms with Crippen LogP contribution in [0.5, 0.6) is 0 Å². The highest BCUT2D eigenvalue weighted by molar-refractivity contribution is 5.98. The van der Waals surface area contributed by atoms with Gasteiger partial charge in [0.05, 0.1) is 12.2 Å². The molecule has 0 spiro atoms. The molecule has 0 radical (unpaired) electrons. The van der Waals surface area contributed by atoms with Gasteiger partial charge in [-0.15, -0.1) is 0 Å². The number of carboxylic acid groups (broad SMARTS) is 1. The molecule has 1 rings (SSSR count). The number of ether oxygens (including phenoxy) is 1. The zero-order valence-corrected chi connectivity index (χ0v) is 10.9. The van der Waals surface area contributed by atoms with E-state index < -0.39 is 17.4 Å². The van der Waals surface area contributed by atoms with Gasteiger partial charge in [0.25, 0.3) is 5.91 Å². The smallest absolute Gasteiger partial charge is 0.331 e. The molecule has 1 unspecified atom stereocenters. The van der Waals surface area contributed by atoms with Crippen LogP contribution in [0.4, 0.5) is 0 Å². The lowest BCUT2D eigenvalue weighted by Gasteiger charge is -2.25. The summed E-state index contributed by atoms with van der Waals surface area (Å²) >= 11 is 0. The molecule has 0 aliphatic heterocycles. The minimum atomic E-state index is -1.47. The van der Waals surface area contributed by atoms with Crippen LogP contribution in [0, 0.1) is 13.8 Å². The summed E-state index contributed by atoms with van der Waals surface area (Å²) in [5.41, 5.74) is -1.14. The van der Waals surface area contributed by atoms with Crippen LogP contribution < -0.4 is 5.32 Å². The summed E-state index contributed by atoms with van der Waals surface area (Å²) < 4.78 is 10.1. The van der Waals surface area contributed by atoms with E-state index in [1.54, 1.807) is 19.9 Å². The Bertz CT molecular complexity index is 465. The third-order valence-corrected chi connectivity index (χ3v) is 2.58. The first-order valence-electron chi connectivity index (χ1n) is 5.42. The van der Waals surface area contributed by atoms with Crippen LogP contribution in [0.3, 0.4) is 0 Å². The van der Waals surface area contributed by atoms with Crippen LogP contribution in [-0.4, -0.2) is 36.2 Å². The van der Waals surface area contributed by atoms with Crippen LogP contribution in [0.2, 0.25) is 0 Å². The Hall–Kier alpha value is -1.82. The van der Waals surface area contributed by atoms with E-state index in [9.17, 15) is 9.59 Å². The molecule has 0 saturated carbocycles. The van der Waals surface area contributed by atoms with E-state index in [1.165, 1.54) is 14.0 Å². The molecule has 0 bridgehead atoms. The summed E-state index contributed by atoms with van der Waals surface area (Å²) in [4.78, 5) is 23.1. The SMILES string of the molecule is COCC(C)(NC(=O)c1cc(C)oc1C)C(=O)O. The standard InChI is InChI=1S/C12H17NO5/c1-7-5-9(8(2)18-7)10(14)13-12(3,6-17-4)11(15)16/h5H,6H2,1-4H3,(H,13,14)(H,15,16). The van der Waals surface area contributed by atoms with Crippen molar-refractivity contribution in [2.75, 3.05) is 13.7 Å². The fourth-order valence-corrected chi connectivity index (χ4v) is 1.61. The van der Waals surface area contributed by atoms with E-state index in [2.05, 4.69) is 5.32 Å². The Morgan fingerprint density at radius 3 is 2.50 bits per heavy atom. The molecular formula is C12H17NO5. The lowest BCUT2D eigenvalue weighted by atomic mass is 10.0. The molecule has 100 valence electrons. The first kappa shape index (κ1) is 14.2. The maximum absolute atomic E-state index is 12.0. The van der Waals surface area contributed by atoms with Gasteiger partial charge >= 0.3 is 5.97 Å². The number of hydrogen-bond acceptors (Lipinski definition) is 4. The number of carbonyl (C=O) groups is 2. The van der Waals surface area contributed by atoms with Crippen molar-refractivity contribution >= 4 is 11.9 Å². The molecule has 2 N–H and O–H groups in total. The van der Waals surface area contributed by atoms with Gasteiger partial charge in [0.15, 0.2) is 5.54 Å².